The third-order valence-electron chi connectivity index (χ3n) is 3.68. The van der Waals surface area contributed by atoms with Crippen molar-refractivity contribution >= 4 is 11.6 Å². The lowest BCUT2D eigenvalue weighted by molar-refractivity contribution is 0.0941. The third kappa shape index (κ3) is 4.11. The van der Waals surface area contributed by atoms with Gasteiger partial charge in [-0.1, -0.05) is 48.5 Å². The number of hydrazine groups is 1. The predicted molar refractivity (Wildman–Crippen MR) is 96.0 cm³/mol. The molecule has 0 bridgehead atoms. The summed E-state index contributed by atoms with van der Waals surface area (Å²) in [6, 6.07) is 22.1. The van der Waals surface area contributed by atoms with Gasteiger partial charge in [0.1, 0.15) is 0 Å². The van der Waals surface area contributed by atoms with Gasteiger partial charge in [0, 0.05) is 13.1 Å². The molecule has 3 rings (SSSR count). The zero-order valence-electron chi connectivity index (χ0n) is 13.8. The fourth-order valence-corrected chi connectivity index (χ4v) is 2.37. The minimum absolute atomic E-state index is 0.177. The van der Waals surface area contributed by atoms with Gasteiger partial charge in [-0.15, -0.1) is 0 Å². The largest absolute Gasteiger partial charge is 0.290 e. The van der Waals surface area contributed by atoms with E-state index in [4.69, 9.17) is 0 Å². The lowest BCUT2D eigenvalue weighted by Crippen LogP contribution is -2.42. The molecule has 0 aliphatic carbocycles. The molecule has 0 aliphatic heterocycles. The molecule has 0 spiro atoms. The van der Waals surface area contributed by atoms with Crippen molar-refractivity contribution < 1.29 is 4.79 Å². The zero-order chi connectivity index (χ0) is 17.6. The van der Waals surface area contributed by atoms with Gasteiger partial charge in [0.2, 0.25) is 0 Å². The maximum atomic E-state index is 12.6. The van der Waals surface area contributed by atoms with Gasteiger partial charge in [0.25, 0.3) is 11.5 Å². The van der Waals surface area contributed by atoms with Crippen LogP contribution < -0.4 is 16.0 Å². The highest BCUT2D eigenvalue weighted by Crippen LogP contribution is 2.15. The summed E-state index contributed by atoms with van der Waals surface area (Å²) in [5, 5.41) is 5.75. The van der Waals surface area contributed by atoms with E-state index in [-0.39, 0.29) is 17.2 Å². The van der Waals surface area contributed by atoms with Crippen molar-refractivity contribution in [1.29, 1.82) is 0 Å². The van der Waals surface area contributed by atoms with Crippen molar-refractivity contribution in [2.24, 2.45) is 7.05 Å². The van der Waals surface area contributed by atoms with E-state index in [1.54, 1.807) is 5.01 Å². The second-order valence-electron chi connectivity index (χ2n) is 5.53. The predicted octanol–water partition coefficient (Wildman–Crippen LogP) is 2.13. The Balaban J connectivity index is 1.85. The number of aryl methyl sites for hydroxylation is 1. The Morgan fingerprint density at radius 3 is 2.28 bits per heavy atom. The Bertz CT molecular complexity index is 907. The Kier molecular flexibility index (Phi) is 4.89. The van der Waals surface area contributed by atoms with E-state index in [1.807, 2.05) is 60.7 Å². The number of carbonyl (C=O) groups excluding carboxylic acids is 1. The van der Waals surface area contributed by atoms with E-state index in [1.165, 1.54) is 19.2 Å². The molecule has 0 atom stereocenters. The van der Waals surface area contributed by atoms with Crippen LogP contribution in [-0.4, -0.2) is 15.7 Å². The Labute approximate surface area is 145 Å². The average Bonchev–Trinajstić information content (AvgIpc) is 2.65. The van der Waals surface area contributed by atoms with Crippen LogP contribution in [-0.2, 0) is 13.6 Å². The smallest absolute Gasteiger partial charge is 0.281 e. The molecule has 6 nitrogen and oxygen atoms in total. The molecule has 0 saturated carbocycles. The summed E-state index contributed by atoms with van der Waals surface area (Å²) >= 11 is 0. The molecular weight excluding hydrogens is 316 g/mol. The van der Waals surface area contributed by atoms with Crippen LogP contribution >= 0.6 is 0 Å². The Hall–Kier alpha value is -3.41. The van der Waals surface area contributed by atoms with E-state index in [9.17, 15) is 9.59 Å². The number of aromatic nitrogens is 2. The first kappa shape index (κ1) is 16.4. The van der Waals surface area contributed by atoms with E-state index in [0.29, 0.717) is 6.54 Å². The first-order chi connectivity index (χ1) is 12.1. The van der Waals surface area contributed by atoms with E-state index in [2.05, 4.69) is 10.5 Å². The first-order valence-corrected chi connectivity index (χ1v) is 7.85. The minimum Gasteiger partial charge on any atom is -0.281 e. The van der Waals surface area contributed by atoms with Crippen LogP contribution in [0, 0.1) is 0 Å². The van der Waals surface area contributed by atoms with Crippen molar-refractivity contribution in [3.05, 3.63) is 94.4 Å². The molecule has 0 unspecified atom stereocenters. The maximum absolute atomic E-state index is 12.6. The van der Waals surface area contributed by atoms with Crippen molar-refractivity contribution in [3.8, 4) is 0 Å². The molecule has 1 N–H and O–H groups in total. The van der Waals surface area contributed by atoms with Gasteiger partial charge in [0.15, 0.2) is 5.69 Å². The molecule has 1 amide bonds. The standard InChI is InChI=1S/C19H18N4O2/c1-22-18(24)13-12-17(20-22)19(25)21-23(16-10-6-3-7-11-16)14-15-8-4-2-5-9-15/h2-13H,14H2,1H3,(H,21,25). The molecule has 0 fully saturated rings. The molecule has 2 aromatic carbocycles. The molecule has 25 heavy (non-hydrogen) atoms. The van der Waals surface area contributed by atoms with Crippen molar-refractivity contribution in [3.63, 3.8) is 0 Å². The quantitative estimate of drug-likeness (QED) is 0.726. The van der Waals surface area contributed by atoms with E-state index < -0.39 is 0 Å². The lowest BCUT2D eigenvalue weighted by Gasteiger charge is -2.25. The van der Waals surface area contributed by atoms with Crippen molar-refractivity contribution in [1.82, 2.24) is 15.2 Å². The number of hydrogen-bond donors (Lipinski definition) is 1. The fraction of sp³-hybridized carbons (Fsp3) is 0.105. The summed E-state index contributed by atoms with van der Waals surface area (Å²) in [7, 11) is 1.51. The second-order valence-corrected chi connectivity index (χ2v) is 5.53. The van der Waals surface area contributed by atoms with Crippen LogP contribution in [0.4, 0.5) is 5.69 Å². The molecule has 1 aromatic heterocycles. The number of rotatable bonds is 5. The number of amides is 1. The highest BCUT2D eigenvalue weighted by molar-refractivity contribution is 5.93. The third-order valence-corrected chi connectivity index (χ3v) is 3.68. The Morgan fingerprint density at radius 2 is 1.64 bits per heavy atom. The van der Waals surface area contributed by atoms with Crippen LogP contribution in [0.2, 0.25) is 0 Å². The number of nitrogens with zero attached hydrogens (tertiary/aromatic N) is 3. The number of para-hydroxylation sites is 1. The van der Waals surface area contributed by atoms with Crippen LogP contribution in [0.3, 0.4) is 0 Å². The summed E-state index contributed by atoms with van der Waals surface area (Å²) in [6.07, 6.45) is 0. The van der Waals surface area contributed by atoms with Crippen LogP contribution in [0.1, 0.15) is 16.1 Å². The van der Waals surface area contributed by atoms with E-state index in [0.717, 1.165) is 15.9 Å². The molecular formula is C19H18N4O2. The topological polar surface area (TPSA) is 67.2 Å². The molecule has 6 heteroatoms. The van der Waals surface area contributed by atoms with Gasteiger partial charge in [-0.05, 0) is 23.8 Å². The van der Waals surface area contributed by atoms with Crippen molar-refractivity contribution in [2.75, 3.05) is 5.01 Å². The number of benzene rings is 2. The van der Waals surface area contributed by atoms with Crippen LogP contribution in [0.25, 0.3) is 0 Å². The van der Waals surface area contributed by atoms with Gasteiger partial charge in [-0.2, -0.15) is 5.10 Å². The second kappa shape index (κ2) is 7.44. The number of nitrogens with one attached hydrogen (secondary N) is 1. The summed E-state index contributed by atoms with van der Waals surface area (Å²) < 4.78 is 1.14. The summed E-state index contributed by atoms with van der Waals surface area (Å²) in [5.74, 6) is -0.379. The van der Waals surface area contributed by atoms with Gasteiger partial charge in [-0.3, -0.25) is 20.0 Å². The fourth-order valence-electron chi connectivity index (χ4n) is 2.37. The molecule has 126 valence electrons. The lowest BCUT2D eigenvalue weighted by atomic mass is 10.2. The molecule has 1 heterocycles. The number of carbonyl (C=O) groups is 1. The minimum atomic E-state index is -0.379. The highest BCUT2D eigenvalue weighted by atomic mass is 16.2. The van der Waals surface area contributed by atoms with Gasteiger partial charge >= 0.3 is 0 Å². The summed E-state index contributed by atoms with van der Waals surface area (Å²) in [6.45, 7) is 0.502. The SMILES string of the molecule is Cn1nc(C(=O)NN(Cc2ccccc2)c2ccccc2)ccc1=O. The molecule has 3 aromatic rings. The van der Waals surface area contributed by atoms with Crippen LogP contribution in [0.15, 0.2) is 77.6 Å². The van der Waals surface area contributed by atoms with Gasteiger partial charge in [0.05, 0.1) is 12.2 Å². The maximum Gasteiger partial charge on any atom is 0.290 e. The summed E-state index contributed by atoms with van der Waals surface area (Å²) in [5.41, 5.74) is 4.68. The average molecular weight is 334 g/mol. The van der Waals surface area contributed by atoms with Gasteiger partial charge < -0.3 is 0 Å². The molecule has 0 radical (unpaired) electrons. The van der Waals surface area contributed by atoms with Crippen molar-refractivity contribution in [2.45, 2.75) is 6.54 Å². The van der Waals surface area contributed by atoms with Gasteiger partial charge in [-0.25, -0.2) is 4.68 Å². The van der Waals surface area contributed by atoms with E-state index >= 15 is 0 Å². The highest BCUT2D eigenvalue weighted by Gasteiger charge is 2.14. The molecule has 0 aliphatic rings. The Morgan fingerprint density at radius 1 is 1.00 bits per heavy atom. The first-order valence-electron chi connectivity index (χ1n) is 7.85. The normalized spacial score (nSPS) is 10.3. The summed E-state index contributed by atoms with van der Waals surface area (Å²) in [4.78, 5) is 24.0. The monoisotopic (exact) mass is 334 g/mol. The molecule has 0 saturated heterocycles. The van der Waals surface area contributed by atoms with Crippen LogP contribution in [0.5, 0.6) is 0 Å². The number of anilines is 1. The zero-order valence-corrected chi connectivity index (χ0v) is 13.8. The number of hydrogen-bond acceptors (Lipinski definition) is 4.